The second kappa shape index (κ2) is 5.94. The van der Waals surface area contributed by atoms with Gasteiger partial charge in [-0.2, -0.15) is 0 Å². The Balaban J connectivity index is 2.58. The van der Waals surface area contributed by atoms with Gasteiger partial charge < -0.3 is 15.3 Å². The Labute approximate surface area is 96.5 Å². The molecule has 0 radical (unpaired) electrons. The van der Waals surface area contributed by atoms with Crippen molar-refractivity contribution in [3.8, 4) is 0 Å². The monoisotopic (exact) mass is 243 g/mol. The number of hydrogen-bond donors (Lipinski definition) is 3. The molecule has 1 rings (SSSR count). The first-order valence-electron chi connectivity index (χ1n) is 5.00. The van der Waals surface area contributed by atoms with Crippen molar-refractivity contribution in [1.29, 1.82) is 0 Å². The van der Waals surface area contributed by atoms with E-state index in [2.05, 4.69) is 10.3 Å². The van der Waals surface area contributed by atoms with E-state index in [-0.39, 0.29) is 6.42 Å². The lowest BCUT2D eigenvalue weighted by Gasteiger charge is -2.07. The van der Waals surface area contributed by atoms with Crippen LogP contribution in [0.1, 0.15) is 24.6 Å². The highest BCUT2D eigenvalue weighted by Crippen LogP contribution is 2.07. The minimum atomic E-state index is -1.20. The maximum atomic E-state index is 10.7. The fourth-order valence-electron chi connectivity index (χ4n) is 1.28. The third-order valence-corrected chi connectivity index (χ3v) is 2.16. The van der Waals surface area contributed by atoms with Gasteiger partial charge in [-0.1, -0.05) is 5.21 Å². The van der Waals surface area contributed by atoms with Gasteiger partial charge in [0.25, 0.3) is 0 Å². The second-order valence-electron chi connectivity index (χ2n) is 3.47. The highest BCUT2D eigenvalue weighted by atomic mass is 16.4. The summed E-state index contributed by atoms with van der Waals surface area (Å²) < 4.78 is 1.05. The molecule has 3 N–H and O–H groups in total. The van der Waals surface area contributed by atoms with Crippen LogP contribution in [0.2, 0.25) is 0 Å². The molecule has 1 aromatic rings. The van der Waals surface area contributed by atoms with Crippen molar-refractivity contribution in [1.82, 2.24) is 15.0 Å². The van der Waals surface area contributed by atoms with Gasteiger partial charge in [0.2, 0.25) is 0 Å². The van der Waals surface area contributed by atoms with Crippen LogP contribution in [0.25, 0.3) is 0 Å². The van der Waals surface area contributed by atoms with Crippen LogP contribution in [0.5, 0.6) is 0 Å². The standard InChI is InChI=1S/C9H13N3O5/c13-5-7(9(16)17)12-4-6(10-11-12)2-1-3-8(14)15/h4,7,13H,1-3,5H2,(H,14,15)(H,16,17)/t7-/m0/s1. The number of nitrogens with zero attached hydrogens (tertiary/aromatic N) is 3. The summed E-state index contributed by atoms with van der Waals surface area (Å²) in [6.45, 7) is -0.576. The number of aliphatic hydroxyl groups is 1. The quantitative estimate of drug-likeness (QED) is 0.578. The van der Waals surface area contributed by atoms with Crippen molar-refractivity contribution >= 4 is 11.9 Å². The van der Waals surface area contributed by atoms with Crippen LogP contribution < -0.4 is 0 Å². The van der Waals surface area contributed by atoms with Crippen molar-refractivity contribution < 1.29 is 24.9 Å². The maximum absolute atomic E-state index is 10.7. The Bertz CT molecular complexity index is 403. The highest BCUT2D eigenvalue weighted by molar-refractivity contribution is 5.71. The Morgan fingerprint density at radius 1 is 1.41 bits per heavy atom. The van der Waals surface area contributed by atoms with E-state index in [4.69, 9.17) is 15.3 Å². The number of aliphatic hydroxyl groups excluding tert-OH is 1. The lowest BCUT2D eigenvalue weighted by Crippen LogP contribution is -2.23. The molecule has 0 bridgehead atoms. The lowest BCUT2D eigenvalue weighted by molar-refractivity contribution is -0.142. The van der Waals surface area contributed by atoms with E-state index in [0.29, 0.717) is 18.5 Å². The zero-order chi connectivity index (χ0) is 12.8. The zero-order valence-electron chi connectivity index (χ0n) is 8.98. The SMILES string of the molecule is O=C(O)CCCc1cn([C@@H](CO)C(=O)O)nn1. The summed E-state index contributed by atoms with van der Waals surface area (Å²) >= 11 is 0. The van der Waals surface area contributed by atoms with Gasteiger partial charge in [-0.25, -0.2) is 9.48 Å². The van der Waals surface area contributed by atoms with Crippen molar-refractivity contribution in [2.24, 2.45) is 0 Å². The van der Waals surface area contributed by atoms with Gasteiger partial charge in [0, 0.05) is 12.6 Å². The third-order valence-electron chi connectivity index (χ3n) is 2.16. The highest BCUT2D eigenvalue weighted by Gasteiger charge is 2.19. The Hall–Kier alpha value is -1.96. The zero-order valence-corrected chi connectivity index (χ0v) is 8.98. The smallest absolute Gasteiger partial charge is 0.330 e. The maximum Gasteiger partial charge on any atom is 0.330 e. The van der Waals surface area contributed by atoms with Crippen LogP contribution >= 0.6 is 0 Å². The van der Waals surface area contributed by atoms with Gasteiger partial charge in [0.1, 0.15) is 0 Å². The van der Waals surface area contributed by atoms with E-state index in [9.17, 15) is 9.59 Å². The van der Waals surface area contributed by atoms with E-state index in [1.54, 1.807) is 0 Å². The molecule has 0 aliphatic carbocycles. The van der Waals surface area contributed by atoms with Crippen LogP contribution in [0.15, 0.2) is 6.20 Å². The summed E-state index contributed by atoms with van der Waals surface area (Å²) in [5.74, 6) is -2.09. The molecule has 94 valence electrons. The number of aliphatic carboxylic acids is 2. The van der Waals surface area contributed by atoms with Gasteiger partial charge in [-0.05, 0) is 12.8 Å². The van der Waals surface area contributed by atoms with Crippen molar-refractivity contribution in [2.45, 2.75) is 25.3 Å². The van der Waals surface area contributed by atoms with Gasteiger partial charge in [-0.15, -0.1) is 5.10 Å². The third kappa shape index (κ3) is 3.83. The largest absolute Gasteiger partial charge is 0.481 e. The van der Waals surface area contributed by atoms with Crippen LogP contribution in [-0.4, -0.2) is 48.9 Å². The first kappa shape index (κ1) is 13.1. The van der Waals surface area contributed by atoms with Gasteiger partial charge in [-0.3, -0.25) is 4.79 Å². The molecule has 0 saturated heterocycles. The molecular weight excluding hydrogens is 230 g/mol. The molecular formula is C9H13N3O5. The lowest BCUT2D eigenvalue weighted by atomic mass is 10.2. The van der Waals surface area contributed by atoms with Crippen LogP contribution in [-0.2, 0) is 16.0 Å². The molecule has 0 fully saturated rings. The van der Waals surface area contributed by atoms with Crippen molar-refractivity contribution in [3.63, 3.8) is 0 Å². The normalized spacial score (nSPS) is 12.3. The number of carbonyl (C=O) groups is 2. The minimum absolute atomic E-state index is 0.0230. The molecule has 0 aliphatic rings. The summed E-state index contributed by atoms with van der Waals surface area (Å²) in [5.41, 5.74) is 0.506. The molecule has 0 aromatic carbocycles. The predicted octanol–water partition coefficient (Wildman–Crippen LogP) is -0.697. The number of hydrogen-bond acceptors (Lipinski definition) is 5. The number of carboxylic acid groups (broad SMARTS) is 2. The average Bonchev–Trinajstić information content (AvgIpc) is 2.66. The Kier molecular flexibility index (Phi) is 4.58. The molecule has 8 heteroatoms. The topological polar surface area (TPSA) is 126 Å². The van der Waals surface area contributed by atoms with Gasteiger partial charge >= 0.3 is 11.9 Å². The molecule has 0 aliphatic heterocycles. The summed E-state index contributed by atoms with van der Waals surface area (Å²) in [6, 6.07) is -1.16. The molecule has 0 saturated carbocycles. The number of carboxylic acids is 2. The van der Waals surface area contributed by atoms with Crippen molar-refractivity contribution in [2.75, 3.05) is 6.61 Å². The van der Waals surface area contributed by atoms with E-state index in [0.717, 1.165) is 4.68 Å². The second-order valence-corrected chi connectivity index (χ2v) is 3.47. The molecule has 1 atom stereocenters. The van der Waals surface area contributed by atoms with Crippen LogP contribution in [0.4, 0.5) is 0 Å². The Morgan fingerprint density at radius 3 is 2.65 bits per heavy atom. The summed E-state index contributed by atoms with van der Waals surface area (Å²) in [4.78, 5) is 21.0. The molecule has 0 amide bonds. The van der Waals surface area contributed by atoms with E-state index < -0.39 is 24.6 Å². The molecule has 1 aromatic heterocycles. The van der Waals surface area contributed by atoms with Crippen LogP contribution in [0.3, 0.4) is 0 Å². The van der Waals surface area contributed by atoms with Crippen molar-refractivity contribution in [3.05, 3.63) is 11.9 Å². The predicted molar refractivity (Wildman–Crippen MR) is 54.4 cm³/mol. The summed E-state index contributed by atoms with van der Waals surface area (Å²) in [6.07, 6.45) is 2.24. The van der Waals surface area contributed by atoms with Gasteiger partial charge in [0.15, 0.2) is 6.04 Å². The first-order valence-corrected chi connectivity index (χ1v) is 5.00. The fourth-order valence-corrected chi connectivity index (χ4v) is 1.28. The number of rotatable bonds is 7. The van der Waals surface area contributed by atoms with E-state index in [1.165, 1.54) is 6.20 Å². The molecule has 0 unspecified atom stereocenters. The Morgan fingerprint density at radius 2 is 2.12 bits per heavy atom. The fraction of sp³-hybridized carbons (Fsp3) is 0.556. The molecule has 1 heterocycles. The molecule has 8 nitrogen and oxygen atoms in total. The van der Waals surface area contributed by atoms with Gasteiger partial charge in [0.05, 0.1) is 12.3 Å². The minimum Gasteiger partial charge on any atom is -0.481 e. The van der Waals surface area contributed by atoms with E-state index in [1.807, 2.05) is 0 Å². The molecule has 17 heavy (non-hydrogen) atoms. The first-order chi connectivity index (χ1) is 8.04. The van der Waals surface area contributed by atoms with E-state index >= 15 is 0 Å². The summed E-state index contributed by atoms with van der Waals surface area (Å²) in [7, 11) is 0. The average molecular weight is 243 g/mol. The van der Waals surface area contributed by atoms with Crippen LogP contribution in [0, 0.1) is 0 Å². The number of aromatic nitrogens is 3. The summed E-state index contributed by atoms with van der Waals surface area (Å²) in [5, 5.41) is 33.4. The molecule has 0 spiro atoms. The number of aryl methyl sites for hydroxylation is 1.